The number of hydrogen-bond donors (Lipinski definition) is 1. The van der Waals surface area contributed by atoms with Crippen LogP contribution in [0.1, 0.15) is 29.3 Å². The maximum atomic E-state index is 14.0. The Morgan fingerprint density at radius 3 is 2.64 bits per heavy atom. The summed E-state index contributed by atoms with van der Waals surface area (Å²) in [5.41, 5.74) is 3.89. The van der Waals surface area contributed by atoms with Crippen LogP contribution in [0.15, 0.2) is 53.3 Å². The maximum absolute atomic E-state index is 14.0. The van der Waals surface area contributed by atoms with Gasteiger partial charge in [-0.1, -0.05) is 30.3 Å². The molecule has 5 heteroatoms. The van der Waals surface area contributed by atoms with E-state index in [-0.39, 0.29) is 17.4 Å². The van der Waals surface area contributed by atoms with Crippen molar-refractivity contribution in [3.05, 3.63) is 81.5 Å². The predicted octanol–water partition coefficient (Wildman–Crippen LogP) is 3.72. The predicted molar refractivity (Wildman–Crippen MR) is 96.8 cm³/mol. The zero-order valence-corrected chi connectivity index (χ0v) is 14.3. The summed E-state index contributed by atoms with van der Waals surface area (Å²) in [5, 5.41) is 3.37. The summed E-state index contributed by atoms with van der Waals surface area (Å²) in [7, 11) is 1.87. The molecule has 1 atom stereocenters. The number of fused-ring (bicyclic) bond motifs is 1. The van der Waals surface area contributed by atoms with Crippen molar-refractivity contribution in [2.75, 3.05) is 5.32 Å². The molecule has 1 aliphatic rings. The third-order valence-electron chi connectivity index (χ3n) is 5.09. The van der Waals surface area contributed by atoms with Crippen LogP contribution in [0, 0.1) is 12.7 Å². The van der Waals surface area contributed by atoms with E-state index in [1.165, 1.54) is 6.07 Å². The van der Waals surface area contributed by atoms with E-state index in [4.69, 9.17) is 0 Å². The summed E-state index contributed by atoms with van der Waals surface area (Å²) >= 11 is 0. The van der Waals surface area contributed by atoms with Gasteiger partial charge in [0.15, 0.2) is 0 Å². The van der Waals surface area contributed by atoms with Crippen molar-refractivity contribution >= 4 is 5.69 Å². The second-order valence-electron chi connectivity index (χ2n) is 6.48. The fourth-order valence-electron chi connectivity index (χ4n) is 3.67. The highest BCUT2D eigenvalue weighted by atomic mass is 19.1. The molecule has 1 N–H and O–H groups in total. The van der Waals surface area contributed by atoms with Crippen LogP contribution in [0.4, 0.5) is 10.1 Å². The molecule has 1 heterocycles. The van der Waals surface area contributed by atoms with E-state index in [9.17, 15) is 9.18 Å². The minimum absolute atomic E-state index is 0.0382. The zero-order chi connectivity index (χ0) is 17.6. The quantitative estimate of drug-likeness (QED) is 0.791. The van der Waals surface area contributed by atoms with Crippen molar-refractivity contribution in [2.24, 2.45) is 7.05 Å². The van der Waals surface area contributed by atoms with E-state index in [1.54, 1.807) is 10.7 Å². The number of para-hydroxylation sites is 1. The lowest BCUT2D eigenvalue weighted by Gasteiger charge is -2.14. The molecule has 0 spiro atoms. The molecule has 0 saturated carbocycles. The van der Waals surface area contributed by atoms with Crippen molar-refractivity contribution in [2.45, 2.75) is 25.8 Å². The van der Waals surface area contributed by atoms with Crippen LogP contribution in [0.5, 0.6) is 0 Å². The van der Waals surface area contributed by atoms with Gasteiger partial charge in [-0.3, -0.25) is 9.48 Å². The SMILES string of the molecule is Cc1c(NC2CCc3c(F)cccc32)c(=O)n(-c2ccccc2)n1C. The van der Waals surface area contributed by atoms with Gasteiger partial charge in [-0.05, 0) is 49.1 Å². The normalized spacial score (nSPS) is 16.0. The molecule has 25 heavy (non-hydrogen) atoms. The molecule has 2 aromatic carbocycles. The summed E-state index contributed by atoms with van der Waals surface area (Å²) in [4.78, 5) is 13.0. The Hall–Kier alpha value is -2.82. The number of aromatic nitrogens is 2. The molecular weight excluding hydrogens is 317 g/mol. The number of benzene rings is 2. The Morgan fingerprint density at radius 1 is 1.12 bits per heavy atom. The van der Waals surface area contributed by atoms with Crippen LogP contribution < -0.4 is 10.9 Å². The summed E-state index contributed by atoms with van der Waals surface area (Å²) in [6.45, 7) is 1.92. The second-order valence-corrected chi connectivity index (χ2v) is 6.48. The second kappa shape index (κ2) is 5.92. The van der Waals surface area contributed by atoms with Crippen LogP contribution in [-0.4, -0.2) is 9.36 Å². The fraction of sp³-hybridized carbons (Fsp3) is 0.250. The highest BCUT2D eigenvalue weighted by Gasteiger charge is 2.27. The first-order valence-electron chi connectivity index (χ1n) is 8.45. The van der Waals surface area contributed by atoms with Crippen molar-refractivity contribution in [3.8, 4) is 5.69 Å². The van der Waals surface area contributed by atoms with Crippen molar-refractivity contribution < 1.29 is 4.39 Å². The molecule has 0 radical (unpaired) electrons. The molecule has 0 amide bonds. The largest absolute Gasteiger partial charge is 0.372 e. The first-order valence-corrected chi connectivity index (χ1v) is 8.45. The molecule has 4 nitrogen and oxygen atoms in total. The summed E-state index contributed by atoms with van der Waals surface area (Å²) in [6, 6.07) is 14.7. The van der Waals surface area contributed by atoms with Crippen LogP contribution in [0.2, 0.25) is 0 Å². The van der Waals surface area contributed by atoms with Gasteiger partial charge in [0, 0.05) is 7.05 Å². The van der Waals surface area contributed by atoms with E-state index in [0.29, 0.717) is 12.1 Å². The molecule has 1 aromatic heterocycles. The number of rotatable bonds is 3. The van der Waals surface area contributed by atoms with Gasteiger partial charge in [-0.15, -0.1) is 0 Å². The van der Waals surface area contributed by atoms with Crippen LogP contribution in [0.25, 0.3) is 5.69 Å². The lowest BCUT2D eigenvalue weighted by atomic mass is 10.1. The fourth-order valence-corrected chi connectivity index (χ4v) is 3.67. The van der Waals surface area contributed by atoms with E-state index in [1.807, 2.05) is 55.1 Å². The first-order chi connectivity index (χ1) is 12.1. The highest BCUT2D eigenvalue weighted by Crippen LogP contribution is 2.35. The molecule has 0 saturated heterocycles. The maximum Gasteiger partial charge on any atom is 0.295 e. The number of hydrogen-bond acceptors (Lipinski definition) is 2. The molecule has 1 unspecified atom stereocenters. The van der Waals surface area contributed by atoms with Crippen LogP contribution in [0.3, 0.4) is 0 Å². The van der Waals surface area contributed by atoms with Crippen LogP contribution >= 0.6 is 0 Å². The van der Waals surface area contributed by atoms with Gasteiger partial charge in [0.25, 0.3) is 5.56 Å². The van der Waals surface area contributed by atoms with Gasteiger partial charge in [-0.25, -0.2) is 9.07 Å². The number of nitrogens with zero attached hydrogens (tertiary/aromatic N) is 2. The van der Waals surface area contributed by atoms with Crippen molar-refractivity contribution in [1.29, 1.82) is 0 Å². The molecule has 128 valence electrons. The topological polar surface area (TPSA) is 39.0 Å². The number of nitrogens with one attached hydrogen (secondary N) is 1. The summed E-state index contributed by atoms with van der Waals surface area (Å²) < 4.78 is 17.5. The van der Waals surface area contributed by atoms with Gasteiger partial charge in [0.1, 0.15) is 11.5 Å². The molecule has 3 aromatic rings. The third-order valence-corrected chi connectivity index (χ3v) is 5.09. The first kappa shape index (κ1) is 15.7. The molecule has 1 aliphatic carbocycles. The average molecular weight is 337 g/mol. The molecular formula is C20H20FN3O. The Kier molecular flexibility index (Phi) is 3.71. The Balaban J connectivity index is 1.75. The van der Waals surface area contributed by atoms with Gasteiger partial charge in [0.2, 0.25) is 0 Å². The van der Waals surface area contributed by atoms with Gasteiger partial charge in [-0.2, -0.15) is 0 Å². The molecule has 0 bridgehead atoms. The number of halogens is 1. The molecule has 4 rings (SSSR count). The smallest absolute Gasteiger partial charge is 0.295 e. The zero-order valence-electron chi connectivity index (χ0n) is 14.3. The summed E-state index contributed by atoms with van der Waals surface area (Å²) in [5.74, 6) is -0.159. The minimum atomic E-state index is -0.159. The van der Waals surface area contributed by atoms with E-state index in [0.717, 1.165) is 28.9 Å². The van der Waals surface area contributed by atoms with Crippen molar-refractivity contribution in [1.82, 2.24) is 9.36 Å². The third kappa shape index (κ3) is 2.47. The molecule has 0 aliphatic heterocycles. The van der Waals surface area contributed by atoms with E-state index in [2.05, 4.69) is 5.32 Å². The highest BCUT2D eigenvalue weighted by molar-refractivity contribution is 5.52. The van der Waals surface area contributed by atoms with Gasteiger partial charge < -0.3 is 5.32 Å². The van der Waals surface area contributed by atoms with Crippen LogP contribution in [-0.2, 0) is 13.5 Å². The van der Waals surface area contributed by atoms with Crippen molar-refractivity contribution in [3.63, 3.8) is 0 Å². The van der Waals surface area contributed by atoms with Gasteiger partial charge >= 0.3 is 0 Å². The standard InChI is InChI=1S/C20H20FN3O/c1-13-19(20(25)24(23(13)2)14-7-4-3-5-8-14)22-18-12-11-15-16(18)9-6-10-17(15)21/h3-10,18,22H,11-12H2,1-2H3. The lowest BCUT2D eigenvalue weighted by Crippen LogP contribution is -2.21. The number of anilines is 1. The average Bonchev–Trinajstić information content (AvgIpc) is 3.12. The lowest BCUT2D eigenvalue weighted by molar-refractivity contribution is 0.612. The summed E-state index contributed by atoms with van der Waals surface area (Å²) in [6.07, 6.45) is 1.48. The monoisotopic (exact) mass is 337 g/mol. The Labute approximate surface area is 145 Å². The van der Waals surface area contributed by atoms with Gasteiger partial charge in [0.05, 0.1) is 17.4 Å². The van der Waals surface area contributed by atoms with E-state index >= 15 is 0 Å². The Bertz CT molecular complexity index is 988. The minimum Gasteiger partial charge on any atom is -0.372 e. The Morgan fingerprint density at radius 2 is 1.88 bits per heavy atom. The molecule has 0 fully saturated rings. The van der Waals surface area contributed by atoms with E-state index < -0.39 is 0 Å².